The molecule has 7 spiro atoms. The molecule has 5 saturated carbocycles. The molecule has 6 aromatic rings. The molecule has 702 valence electrons. The topological polar surface area (TPSA) is 295 Å². The molecule has 19 nitrogen and oxygen atoms in total. The SMILES string of the molecule is C1CCOC1.C=CC1(O)CC2(CCCCC2)Oc2ccc(Br)cc21.CS(=O)(=O)O.Cl.N=C(N)SC/C=C1\CC2(CCCCC2)Oc2ccc(Br)cc21.NC1=NC2(CCS1)CC1(CCCCC1)Oc1ccc(Br)cc12.O=C1CC2(CCCCC2)Oc2ccc(Br)cc21.O=CC(F)(F)F.[Br-].[C-]#[N+]c1cccc(-c2ccc3c(c2)C2(CCSC(N)=N2)CC2(CCCCC2)O3)c1.[CH-]=C.[Mg+2]. The minimum atomic E-state index is -4.64. The van der Waals surface area contributed by atoms with Crippen LogP contribution in [0.4, 0.5) is 18.9 Å². The van der Waals surface area contributed by atoms with Gasteiger partial charge >= 0.3 is 29.2 Å². The first-order valence-electron chi connectivity index (χ1n) is 43.8. The van der Waals surface area contributed by atoms with E-state index in [1.54, 1.807) is 29.6 Å². The Morgan fingerprint density at radius 3 is 1.36 bits per heavy atom. The van der Waals surface area contributed by atoms with Gasteiger partial charge in [-0.2, -0.15) is 21.6 Å². The number of carbonyl (C=O) groups is 2. The smallest absolute Gasteiger partial charge is 1.00 e. The van der Waals surface area contributed by atoms with E-state index in [1.807, 2.05) is 60.7 Å². The molecule has 33 heteroatoms. The number of carbonyl (C=O) groups excluding carboxylic acids is 2. The zero-order valence-electron chi connectivity index (χ0n) is 73.6. The Bertz CT molecular complexity index is 5110. The van der Waals surface area contributed by atoms with Gasteiger partial charge in [-0.25, -0.2) is 4.85 Å². The number of Topliss-reactive ketones (excluding diaryl/α,β-unsaturated/α-hetero) is 1. The number of ether oxygens (including phenoxy) is 6. The van der Waals surface area contributed by atoms with E-state index in [0.717, 1.165) is 206 Å². The van der Waals surface area contributed by atoms with Gasteiger partial charge in [0.2, 0.25) is 6.29 Å². The largest absolute Gasteiger partial charge is 2.00 e. The Morgan fingerprint density at radius 1 is 0.577 bits per heavy atom. The summed E-state index contributed by atoms with van der Waals surface area (Å²) in [5.74, 6) is 7.55. The van der Waals surface area contributed by atoms with Crippen molar-refractivity contribution >= 4 is 183 Å². The molecule has 9 N–H and O–H groups in total. The molecule has 6 aromatic carbocycles. The van der Waals surface area contributed by atoms with Crippen molar-refractivity contribution in [2.24, 2.45) is 27.2 Å². The second-order valence-corrected chi connectivity index (χ2v) is 43.3. The van der Waals surface area contributed by atoms with E-state index in [0.29, 0.717) is 30.0 Å². The quantitative estimate of drug-likeness (QED) is 0.0182. The molecule has 3 atom stereocenters. The molecule has 0 bridgehead atoms. The first-order valence-corrected chi connectivity index (χ1v) is 51.8. The number of benzene rings is 6. The van der Waals surface area contributed by atoms with Crippen molar-refractivity contribution in [3.63, 3.8) is 0 Å². The predicted molar refractivity (Wildman–Crippen MR) is 534 cm³/mol. The second kappa shape index (κ2) is 49.8. The number of hydrogen-bond acceptors (Lipinski definition) is 19. The van der Waals surface area contributed by atoms with Crippen molar-refractivity contribution in [1.82, 2.24) is 0 Å². The predicted octanol–water partition coefficient (Wildman–Crippen LogP) is 22.7. The third-order valence-electron chi connectivity index (χ3n) is 25.5. The maximum Gasteiger partial charge on any atom is 2.00 e. The summed E-state index contributed by atoms with van der Waals surface area (Å²) in [5.41, 5.74) is 25.0. The Kier molecular flexibility index (Phi) is 42.2. The van der Waals surface area contributed by atoms with Crippen LogP contribution in [0.1, 0.15) is 251 Å². The van der Waals surface area contributed by atoms with Gasteiger partial charge in [0, 0.05) is 96.3 Å². The summed E-state index contributed by atoms with van der Waals surface area (Å²) in [6.45, 7) is 20.2. The summed E-state index contributed by atoms with van der Waals surface area (Å²) in [5, 5.41) is 19.9. The molecule has 6 fully saturated rings. The van der Waals surface area contributed by atoms with Crippen LogP contribution in [-0.2, 0) is 36.3 Å². The monoisotopic (exact) mass is 2210 g/mol. The van der Waals surface area contributed by atoms with Gasteiger partial charge in [-0.15, -0.1) is 12.4 Å². The van der Waals surface area contributed by atoms with Gasteiger partial charge in [0.15, 0.2) is 27.0 Å². The summed E-state index contributed by atoms with van der Waals surface area (Å²) < 4.78 is 98.2. The molecule has 0 aromatic heterocycles. The Balaban J connectivity index is 0.000000191. The van der Waals surface area contributed by atoms with Crippen molar-refractivity contribution in [2.45, 2.75) is 269 Å². The minimum absolute atomic E-state index is 0. The third-order valence-corrected chi connectivity index (χ3v) is 29.7. The van der Waals surface area contributed by atoms with Crippen molar-refractivity contribution in [3.05, 3.63) is 204 Å². The number of nitrogens with two attached hydrogens (primary N) is 3. The van der Waals surface area contributed by atoms with Crippen molar-refractivity contribution in [3.8, 4) is 39.9 Å². The number of aliphatic imine (C=N–C) groups is 2. The molecule has 5 aliphatic carbocycles. The number of alkyl halides is 3. The zero-order chi connectivity index (χ0) is 91.3. The molecule has 3 unspecified atom stereocenters. The van der Waals surface area contributed by atoms with E-state index in [2.05, 4.69) is 149 Å². The van der Waals surface area contributed by atoms with E-state index < -0.39 is 28.2 Å². The molecule has 0 amide bonds. The number of nitrogens with one attached hydrogen (secondary N) is 1. The number of rotatable bonds is 4. The summed E-state index contributed by atoms with van der Waals surface area (Å²) in [7, 11) is -3.67. The molecular weight excluding hydrogens is 2100 g/mol. The van der Waals surface area contributed by atoms with Crippen molar-refractivity contribution in [2.75, 3.05) is 36.7 Å². The first-order chi connectivity index (χ1) is 60.6. The summed E-state index contributed by atoms with van der Waals surface area (Å²) in [6.07, 6.45) is 37.1. The Morgan fingerprint density at radius 2 is 0.946 bits per heavy atom. The summed E-state index contributed by atoms with van der Waals surface area (Å²) >= 11 is 18.7. The number of thioether (sulfide) groups is 3. The van der Waals surface area contributed by atoms with E-state index >= 15 is 0 Å². The van der Waals surface area contributed by atoms with Crippen LogP contribution in [0.3, 0.4) is 0 Å². The van der Waals surface area contributed by atoms with Gasteiger partial charge in [0.25, 0.3) is 10.1 Å². The van der Waals surface area contributed by atoms with Crippen LogP contribution in [0.25, 0.3) is 21.5 Å². The fraction of sp³-hybridized carbons (Fsp3) is 0.505. The number of aliphatic hydroxyl groups is 1. The number of fused-ring (bicyclic) bond motifs is 7. The fourth-order valence-electron chi connectivity index (χ4n) is 19.8. The van der Waals surface area contributed by atoms with E-state index in [-0.39, 0.29) is 102 Å². The minimum Gasteiger partial charge on any atom is -1.00 e. The first kappa shape index (κ1) is 110. The summed E-state index contributed by atoms with van der Waals surface area (Å²) in [6, 6.07) is 38.4. The maximum absolute atomic E-state index is 12.2. The number of ketones is 1. The molecule has 0 radical (unpaired) electrons. The third kappa shape index (κ3) is 30.2. The van der Waals surface area contributed by atoms with Gasteiger partial charge in [0.1, 0.15) is 62.4 Å². The van der Waals surface area contributed by atoms with Gasteiger partial charge in [-0.3, -0.25) is 36.1 Å². The normalized spacial score (nSPS) is 23.2. The van der Waals surface area contributed by atoms with Crippen LogP contribution in [0.15, 0.2) is 168 Å². The number of nitrogens with zero attached hydrogens (tertiary/aromatic N) is 3. The molecule has 1 saturated heterocycles. The molecule has 130 heavy (non-hydrogen) atoms. The van der Waals surface area contributed by atoms with Crippen LogP contribution in [0.5, 0.6) is 28.7 Å². The second-order valence-electron chi connectivity index (χ2n) is 34.9. The molecule has 8 aliphatic heterocycles. The number of halogens is 9. The Hall–Kier alpha value is -5.09. The zero-order valence-corrected chi connectivity index (χ0v) is 87.0. The van der Waals surface area contributed by atoms with E-state index in [4.69, 9.17) is 76.9 Å². The van der Waals surface area contributed by atoms with Gasteiger partial charge in [0.05, 0.1) is 35.9 Å². The van der Waals surface area contributed by atoms with Crippen LogP contribution < -0.4 is 57.9 Å². The number of hydrogen-bond donors (Lipinski definition) is 6. The average molecular weight is 2220 g/mol. The van der Waals surface area contributed by atoms with Gasteiger partial charge < -0.3 is 74.3 Å². The molecule has 19 rings (SSSR count). The van der Waals surface area contributed by atoms with Crippen LogP contribution in [-0.4, -0.2) is 140 Å². The molecular formula is C97H118Br5ClF3MgN7O12S4. The van der Waals surface area contributed by atoms with Crippen LogP contribution >= 0.6 is 111 Å². The molecule has 13 aliphatic rings. The average Bonchev–Trinajstić information content (AvgIpc) is 0.938. The van der Waals surface area contributed by atoms with Crippen LogP contribution in [0, 0.1) is 18.6 Å². The van der Waals surface area contributed by atoms with Crippen molar-refractivity contribution < 1.29 is 86.2 Å². The van der Waals surface area contributed by atoms with Gasteiger partial charge in [-0.1, -0.05) is 174 Å². The maximum atomic E-state index is 12.2. The Labute approximate surface area is 844 Å². The standard InChI is InChI=1S/C24H25N3OS.2C17H21BrN2OS.C16H19BrO2.C14H15BrO2.C4H8O.C2HF3O.C2H3.CH4O3S.BrH.ClH.Mg/c1-26-19-7-5-6-17(14-19)18-8-9-21-20(15-18)24(12-13-29-22(25)27-24)16-23(28-21)10-3-2-4-11-23;18-12-4-5-14-13(10-12)17(8-9-22-15(19)20-17)11-16(21-14)6-2-1-3-7-16;18-13-4-5-15-14(10-13)12(6-9-22-16(19)20)11-17(21-15)7-2-1-3-8-17;1-2-16(18)11-15(8-4-3-5-9-15)19-14-7-6-12(17)10-13(14)16;15-10-4-5-13-11(8-10)12(16)9-14(17-13)6-2-1-3-7-14;1-2-4-5-3-1;3-2(4,5)1-6;1-2;1-5(2,3)4;;;/h5-9,14-15H,2-4,10-13,16H2,(H2,25,27);4-5,10H,1-3,6-9,11H2,(H2,19,20);4-6,10H,1-3,7-9,11H2,(H3,19,20);2,6-7,10,18H,1,3-5,8-9,11H2;4-5,8H,1-3,6-7,9H2;1-4H2;1H;1H,2H2;1H3,(H,2,3,4);2*1H;/q;;;;;;;-1;;;;+2/p-1/b;;12-6+;;;;;;;;;. The van der Waals surface area contributed by atoms with Crippen LogP contribution in [0.2, 0.25) is 0 Å². The fourth-order valence-corrected chi connectivity index (χ4v) is 23.5. The number of aldehydes is 1. The number of amidine groups is 3. The van der Waals surface area contributed by atoms with E-state index in [9.17, 15) is 31.5 Å². The molecule has 8 heterocycles. The summed E-state index contributed by atoms with van der Waals surface area (Å²) in [4.78, 5) is 34.5. The van der Waals surface area contributed by atoms with Crippen molar-refractivity contribution in [1.29, 1.82) is 5.41 Å². The van der Waals surface area contributed by atoms with Gasteiger partial charge in [-0.05, 0) is 262 Å². The van der Waals surface area contributed by atoms with E-state index in [1.165, 1.54) is 138 Å².